The van der Waals surface area contributed by atoms with Crippen molar-refractivity contribution in [3.8, 4) is 0 Å². The van der Waals surface area contributed by atoms with Crippen LogP contribution in [-0.2, 0) is 4.79 Å². The van der Waals surface area contributed by atoms with Gasteiger partial charge in [-0.2, -0.15) is 0 Å². The summed E-state index contributed by atoms with van der Waals surface area (Å²) in [6.45, 7) is 9.74. The molecule has 11 heavy (non-hydrogen) atoms. The van der Waals surface area contributed by atoms with Crippen molar-refractivity contribution in [2.24, 2.45) is 5.41 Å². The summed E-state index contributed by atoms with van der Waals surface area (Å²) in [5.41, 5.74) is 0.990. The predicted octanol–water partition coefficient (Wildman–Crippen LogP) is 2.73. The van der Waals surface area contributed by atoms with E-state index in [2.05, 4.69) is 6.58 Å². The average molecular weight is 152 g/mol. The molecule has 0 aliphatic rings. The SMILES string of the molecule is C=C(C)/C=C/C(C)(C)CC=O. The Morgan fingerprint density at radius 2 is 2.09 bits per heavy atom. The van der Waals surface area contributed by atoms with Gasteiger partial charge in [0.1, 0.15) is 6.29 Å². The second-order valence-corrected chi connectivity index (χ2v) is 3.54. The zero-order valence-corrected chi connectivity index (χ0v) is 7.55. The number of rotatable bonds is 4. The molecule has 0 rings (SSSR count). The van der Waals surface area contributed by atoms with Crippen molar-refractivity contribution < 1.29 is 4.79 Å². The summed E-state index contributed by atoms with van der Waals surface area (Å²) in [5.74, 6) is 0. The van der Waals surface area contributed by atoms with Gasteiger partial charge in [0.25, 0.3) is 0 Å². The van der Waals surface area contributed by atoms with Crippen LogP contribution in [0.3, 0.4) is 0 Å². The van der Waals surface area contributed by atoms with E-state index < -0.39 is 0 Å². The molecule has 0 radical (unpaired) electrons. The van der Waals surface area contributed by atoms with Crippen LogP contribution in [-0.4, -0.2) is 6.29 Å². The maximum Gasteiger partial charge on any atom is 0.120 e. The summed E-state index contributed by atoms with van der Waals surface area (Å²) >= 11 is 0. The van der Waals surface area contributed by atoms with Crippen LogP contribution in [0.15, 0.2) is 24.3 Å². The van der Waals surface area contributed by atoms with Crippen LogP contribution in [0.1, 0.15) is 27.2 Å². The van der Waals surface area contributed by atoms with E-state index in [9.17, 15) is 4.79 Å². The Labute approximate surface area is 68.8 Å². The Kier molecular flexibility index (Phi) is 3.80. The molecule has 0 saturated heterocycles. The molecule has 0 aromatic rings. The first-order chi connectivity index (χ1) is 4.98. The normalized spacial score (nSPS) is 11.9. The van der Waals surface area contributed by atoms with Gasteiger partial charge in [-0.15, -0.1) is 0 Å². The van der Waals surface area contributed by atoms with Crippen LogP contribution in [0.2, 0.25) is 0 Å². The number of aldehydes is 1. The molecule has 1 heteroatoms. The fourth-order valence-corrected chi connectivity index (χ4v) is 0.651. The number of hydrogen-bond donors (Lipinski definition) is 0. The van der Waals surface area contributed by atoms with Crippen molar-refractivity contribution in [3.05, 3.63) is 24.3 Å². The lowest BCUT2D eigenvalue weighted by Crippen LogP contribution is -2.07. The monoisotopic (exact) mass is 152 g/mol. The number of allylic oxidation sites excluding steroid dienone is 3. The number of carbonyl (C=O) groups excluding carboxylic acids is 1. The summed E-state index contributed by atoms with van der Waals surface area (Å²) in [4.78, 5) is 10.2. The number of carbonyl (C=O) groups is 1. The Balaban J connectivity index is 4.09. The van der Waals surface area contributed by atoms with Crippen LogP contribution in [0.5, 0.6) is 0 Å². The molecule has 0 amide bonds. The van der Waals surface area contributed by atoms with Gasteiger partial charge in [0.2, 0.25) is 0 Å². The third-order valence-electron chi connectivity index (χ3n) is 1.43. The minimum Gasteiger partial charge on any atom is -0.303 e. The molecule has 0 aromatic carbocycles. The van der Waals surface area contributed by atoms with Crippen LogP contribution in [0, 0.1) is 5.41 Å². The molecule has 0 unspecified atom stereocenters. The zero-order valence-electron chi connectivity index (χ0n) is 7.55. The maximum atomic E-state index is 10.2. The predicted molar refractivity (Wildman–Crippen MR) is 48.4 cm³/mol. The van der Waals surface area contributed by atoms with Crippen molar-refractivity contribution in [1.82, 2.24) is 0 Å². The minimum absolute atomic E-state index is 0.0271. The van der Waals surface area contributed by atoms with E-state index in [0.717, 1.165) is 11.9 Å². The van der Waals surface area contributed by atoms with E-state index in [1.165, 1.54) is 0 Å². The smallest absolute Gasteiger partial charge is 0.120 e. The van der Waals surface area contributed by atoms with E-state index >= 15 is 0 Å². The minimum atomic E-state index is -0.0271. The molecule has 0 atom stereocenters. The van der Waals surface area contributed by atoms with Gasteiger partial charge in [-0.1, -0.05) is 38.2 Å². The summed E-state index contributed by atoms with van der Waals surface area (Å²) < 4.78 is 0. The van der Waals surface area contributed by atoms with E-state index in [4.69, 9.17) is 0 Å². The first-order valence-electron chi connectivity index (χ1n) is 3.76. The lowest BCUT2D eigenvalue weighted by Gasteiger charge is -2.15. The lowest BCUT2D eigenvalue weighted by atomic mass is 9.89. The first-order valence-corrected chi connectivity index (χ1v) is 3.76. The van der Waals surface area contributed by atoms with Gasteiger partial charge in [-0.25, -0.2) is 0 Å². The van der Waals surface area contributed by atoms with E-state index in [-0.39, 0.29) is 5.41 Å². The van der Waals surface area contributed by atoms with Crippen LogP contribution >= 0.6 is 0 Å². The highest BCUT2D eigenvalue weighted by Gasteiger charge is 2.11. The third kappa shape index (κ3) is 5.59. The quantitative estimate of drug-likeness (QED) is 0.447. The average Bonchev–Trinajstić information content (AvgIpc) is 1.84. The molecule has 0 aromatic heterocycles. The highest BCUT2D eigenvalue weighted by molar-refractivity contribution is 5.51. The second-order valence-electron chi connectivity index (χ2n) is 3.54. The summed E-state index contributed by atoms with van der Waals surface area (Å²) in [5, 5.41) is 0. The van der Waals surface area contributed by atoms with Gasteiger partial charge in [0.15, 0.2) is 0 Å². The van der Waals surface area contributed by atoms with Gasteiger partial charge < -0.3 is 4.79 Å². The number of hydrogen-bond acceptors (Lipinski definition) is 1. The van der Waals surface area contributed by atoms with Gasteiger partial charge >= 0.3 is 0 Å². The van der Waals surface area contributed by atoms with Crippen molar-refractivity contribution in [2.75, 3.05) is 0 Å². The first kappa shape index (κ1) is 10.2. The zero-order chi connectivity index (χ0) is 8.91. The van der Waals surface area contributed by atoms with Gasteiger partial charge in [-0.3, -0.25) is 0 Å². The second kappa shape index (κ2) is 4.12. The van der Waals surface area contributed by atoms with E-state index in [1.807, 2.05) is 32.9 Å². The largest absolute Gasteiger partial charge is 0.303 e. The molecule has 0 spiro atoms. The summed E-state index contributed by atoms with van der Waals surface area (Å²) in [6, 6.07) is 0. The third-order valence-corrected chi connectivity index (χ3v) is 1.43. The molecule has 0 saturated carbocycles. The standard InChI is InChI=1S/C10H16O/c1-9(2)5-6-10(3,4)7-8-11/h5-6,8H,1,7H2,2-4H3/b6-5+. The molecule has 0 aliphatic carbocycles. The highest BCUT2D eigenvalue weighted by Crippen LogP contribution is 2.20. The summed E-state index contributed by atoms with van der Waals surface area (Å²) in [6.07, 6.45) is 5.48. The molecular weight excluding hydrogens is 136 g/mol. The van der Waals surface area contributed by atoms with Crippen molar-refractivity contribution in [1.29, 1.82) is 0 Å². The van der Waals surface area contributed by atoms with E-state index in [0.29, 0.717) is 6.42 Å². The molecule has 1 nitrogen and oxygen atoms in total. The molecule has 0 bridgehead atoms. The van der Waals surface area contributed by atoms with Gasteiger partial charge in [-0.05, 0) is 12.3 Å². The highest BCUT2D eigenvalue weighted by atomic mass is 16.1. The molecule has 0 heterocycles. The Bertz CT molecular complexity index is 175. The van der Waals surface area contributed by atoms with Crippen LogP contribution < -0.4 is 0 Å². The van der Waals surface area contributed by atoms with Crippen LogP contribution in [0.4, 0.5) is 0 Å². The van der Waals surface area contributed by atoms with E-state index in [1.54, 1.807) is 0 Å². The van der Waals surface area contributed by atoms with Gasteiger partial charge in [0.05, 0.1) is 0 Å². The molecule has 0 N–H and O–H groups in total. The Morgan fingerprint density at radius 1 is 1.55 bits per heavy atom. The molecule has 62 valence electrons. The Morgan fingerprint density at radius 3 is 2.45 bits per heavy atom. The fraction of sp³-hybridized carbons (Fsp3) is 0.500. The maximum absolute atomic E-state index is 10.2. The van der Waals surface area contributed by atoms with Crippen molar-refractivity contribution >= 4 is 6.29 Å². The lowest BCUT2D eigenvalue weighted by molar-refractivity contribution is -0.109. The molecule has 0 aliphatic heterocycles. The van der Waals surface area contributed by atoms with Gasteiger partial charge in [0, 0.05) is 6.42 Å². The fourth-order valence-electron chi connectivity index (χ4n) is 0.651. The Hall–Kier alpha value is -0.850. The molecule has 0 fully saturated rings. The summed E-state index contributed by atoms with van der Waals surface area (Å²) in [7, 11) is 0. The van der Waals surface area contributed by atoms with Crippen molar-refractivity contribution in [2.45, 2.75) is 27.2 Å². The van der Waals surface area contributed by atoms with Crippen LogP contribution in [0.25, 0.3) is 0 Å². The van der Waals surface area contributed by atoms with Crippen molar-refractivity contribution in [3.63, 3.8) is 0 Å². The molecular formula is C10H16O. The topological polar surface area (TPSA) is 17.1 Å².